The standard InChI is InChI=1S/C15H17FN4/c1-9-5-15(20(2)19-9)12(7-17)13-8-18-14-4-3-10(16)6-11(13)14/h3-6,8,12,18H,7,17H2,1-2H3. The van der Waals surface area contributed by atoms with Crippen LogP contribution in [0.4, 0.5) is 4.39 Å². The number of halogens is 1. The Morgan fingerprint density at radius 3 is 2.85 bits per heavy atom. The molecule has 0 bridgehead atoms. The van der Waals surface area contributed by atoms with Crippen LogP contribution in [0.15, 0.2) is 30.5 Å². The first-order valence-electron chi connectivity index (χ1n) is 6.57. The highest BCUT2D eigenvalue weighted by atomic mass is 19.1. The SMILES string of the molecule is Cc1cc(C(CN)c2c[nH]c3ccc(F)cc23)n(C)n1. The van der Waals surface area contributed by atoms with E-state index in [0.29, 0.717) is 6.54 Å². The van der Waals surface area contributed by atoms with Gasteiger partial charge in [-0.05, 0) is 36.8 Å². The van der Waals surface area contributed by atoms with Crippen molar-refractivity contribution in [1.29, 1.82) is 0 Å². The van der Waals surface area contributed by atoms with Crippen LogP contribution in [0.5, 0.6) is 0 Å². The molecule has 20 heavy (non-hydrogen) atoms. The van der Waals surface area contributed by atoms with Crippen molar-refractivity contribution >= 4 is 10.9 Å². The predicted octanol–water partition coefficient (Wildman–Crippen LogP) is 2.44. The van der Waals surface area contributed by atoms with Gasteiger partial charge in [-0.25, -0.2) is 4.39 Å². The topological polar surface area (TPSA) is 59.6 Å². The molecule has 3 rings (SSSR count). The fourth-order valence-electron chi connectivity index (χ4n) is 2.77. The zero-order chi connectivity index (χ0) is 14.3. The monoisotopic (exact) mass is 272 g/mol. The Balaban J connectivity index is 2.16. The van der Waals surface area contributed by atoms with Gasteiger partial charge in [0.1, 0.15) is 5.82 Å². The van der Waals surface area contributed by atoms with E-state index in [4.69, 9.17) is 5.73 Å². The first-order chi connectivity index (χ1) is 9.60. The van der Waals surface area contributed by atoms with E-state index in [-0.39, 0.29) is 11.7 Å². The number of fused-ring (bicyclic) bond motifs is 1. The van der Waals surface area contributed by atoms with E-state index in [0.717, 1.165) is 27.9 Å². The second-order valence-electron chi connectivity index (χ2n) is 5.06. The normalized spacial score (nSPS) is 13.0. The lowest BCUT2D eigenvalue weighted by Crippen LogP contribution is -2.16. The summed E-state index contributed by atoms with van der Waals surface area (Å²) in [5, 5.41) is 5.24. The first kappa shape index (κ1) is 12.9. The second-order valence-corrected chi connectivity index (χ2v) is 5.06. The fourth-order valence-corrected chi connectivity index (χ4v) is 2.77. The molecule has 0 radical (unpaired) electrons. The van der Waals surface area contributed by atoms with Gasteiger partial charge in [0.15, 0.2) is 0 Å². The number of rotatable bonds is 3. The average molecular weight is 272 g/mol. The van der Waals surface area contributed by atoms with Crippen LogP contribution in [0.1, 0.15) is 22.9 Å². The lowest BCUT2D eigenvalue weighted by atomic mass is 9.95. The van der Waals surface area contributed by atoms with E-state index in [2.05, 4.69) is 10.1 Å². The summed E-state index contributed by atoms with van der Waals surface area (Å²) in [7, 11) is 1.90. The second kappa shape index (κ2) is 4.76. The molecule has 0 saturated heterocycles. The summed E-state index contributed by atoms with van der Waals surface area (Å²) in [5.74, 6) is -0.243. The Morgan fingerprint density at radius 1 is 1.40 bits per heavy atom. The largest absolute Gasteiger partial charge is 0.361 e. The van der Waals surface area contributed by atoms with Crippen LogP contribution >= 0.6 is 0 Å². The van der Waals surface area contributed by atoms with E-state index in [1.54, 1.807) is 12.1 Å². The summed E-state index contributed by atoms with van der Waals surface area (Å²) >= 11 is 0. The van der Waals surface area contributed by atoms with Crippen molar-refractivity contribution in [2.24, 2.45) is 12.8 Å². The molecule has 104 valence electrons. The van der Waals surface area contributed by atoms with Gasteiger partial charge < -0.3 is 10.7 Å². The lowest BCUT2D eigenvalue weighted by molar-refractivity contribution is 0.629. The Kier molecular flexibility index (Phi) is 3.06. The lowest BCUT2D eigenvalue weighted by Gasteiger charge is -2.14. The molecule has 1 unspecified atom stereocenters. The van der Waals surface area contributed by atoms with Crippen LogP contribution < -0.4 is 5.73 Å². The van der Waals surface area contributed by atoms with Gasteiger partial charge in [-0.15, -0.1) is 0 Å². The number of hydrogen-bond donors (Lipinski definition) is 2. The van der Waals surface area contributed by atoms with Crippen molar-refractivity contribution in [3.63, 3.8) is 0 Å². The molecule has 1 aromatic carbocycles. The zero-order valence-electron chi connectivity index (χ0n) is 11.5. The smallest absolute Gasteiger partial charge is 0.123 e. The van der Waals surface area contributed by atoms with Gasteiger partial charge in [0, 0.05) is 42.3 Å². The molecular weight excluding hydrogens is 255 g/mol. The number of aromatic nitrogens is 3. The molecule has 1 atom stereocenters. The minimum absolute atomic E-state index is 0.00301. The number of aryl methyl sites for hydroxylation is 2. The molecular formula is C15H17FN4. The van der Waals surface area contributed by atoms with Gasteiger partial charge in [0.05, 0.1) is 5.69 Å². The van der Waals surface area contributed by atoms with E-state index in [9.17, 15) is 4.39 Å². The summed E-state index contributed by atoms with van der Waals surface area (Å²) in [6.07, 6.45) is 1.91. The molecule has 4 nitrogen and oxygen atoms in total. The summed E-state index contributed by atoms with van der Waals surface area (Å²) < 4.78 is 15.3. The van der Waals surface area contributed by atoms with Gasteiger partial charge in [0.2, 0.25) is 0 Å². The Bertz CT molecular complexity index is 756. The predicted molar refractivity (Wildman–Crippen MR) is 77.1 cm³/mol. The zero-order valence-corrected chi connectivity index (χ0v) is 11.5. The molecule has 5 heteroatoms. The van der Waals surface area contributed by atoms with Crippen LogP contribution in [0, 0.1) is 12.7 Å². The average Bonchev–Trinajstić information content (AvgIpc) is 2.95. The molecule has 0 aliphatic carbocycles. The molecule has 0 aliphatic rings. The van der Waals surface area contributed by atoms with Gasteiger partial charge in [-0.2, -0.15) is 5.10 Å². The Hall–Kier alpha value is -2.14. The maximum absolute atomic E-state index is 13.5. The third kappa shape index (κ3) is 2.00. The van der Waals surface area contributed by atoms with Crippen LogP contribution in [0.3, 0.4) is 0 Å². The van der Waals surface area contributed by atoms with Gasteiger partial charge >= 0.3 is 0 Å². The molecule has 0 amide bonds. The molecule has 0 fully saturated rings. The molecule has 0 saturated carbocycles. The number of benzene rings is 1. The Labute approximate surface area is 116 Å². The number of H-pyrrole nitrogens is 1. The highest BCUT2D eigenvalue weighted by Gasteiger charge is 2.20. The van der Waals surface area contributed by atoms with Crippen LogP contribution in [0.25, 0.3) is 10.9 Å². The van der Waals surface area contributed by atoms with Crippen LogP contribution in [0.2, 0.25) is 0 Å². The van der Waals surface area contributed by atoms with Crippen molar-refractivity contribution in [2.75, 3.05) is 6.54 Å². The van der Waals surface area contributed by atoms with Gasteiger partial charge in [-0.3, -0.25) is 4.68 Å². The number of aromatic amines is 1. The number of nitrogens with one attached hydrogen (secondary N) is 1. The molecule has 2 heterocycles. The first-order valence-corrected chi connectivity index (χ1v) is 6.57. The van der Waals surface area contributed by atoms with Crippen LogP contribution in [-0.2, 0) is 7.05 Å². The van der Waals surface area contributed by atoms with E-state index in [1.807, 2.05) is 30.9 Å². The maximum Gasteiger partial charge on any atom is 0.123 e. The molecule has 0 aliphatic heterocycles. The number of nitrogens with zero attached hydrogens (tertiary/aromatic N) is 2. The number of hydrogen-bond acceptors (Lipinski definition) is 2. The quantitative estimate of drug-likeness (QED) is 0.769. The third-order valence-electron chi connectivity index (χ3n) is 3.68. The highest BCUT2D eigenvalue weighted by Crippen LogP contribution is 2.30. The maximum atomic E-state index is 13.5. The fraction of sp³-hybridized carbons (Fsp3) is 0.267. The van der Waals surface area contributed by atoms with E-state index < -0.39 is 0 Å². The molecule has 3 aromatic rings. The molecule has 0 spiro atoms. The molecule has 3 N–H and O–H groups in total. The van der Waals surface area contributed by atoms with Gasteiger partial charge in [0.25, 0.3) is 0 Å². The highest BCUT2D eigenvalue weighted by molar-refractivity contribution is 5.84. The van der Waals surface area contributed by atoms with Crippen LogP contribution in [-0.4, -0.2) is 21.3 Å². The van der Waals surface area contributed by atoms with Crippen molar-refractivity contribution in [2.45, 2.75) is 12.8 Å². The summed E-state index contributed by atoms with van der Waals surface area (Å²) in [6.45, 7) is 2.40. The summed E-state index contributed by atoms with van der Waals surface area (Å²) in [5.41, 5.74) is 9.86. The summed E-state index contributed by atoms with van der Waals surface area (Å²) in [4.78, 5) is 3.17. The van der Waals surface area contributed by atoms with Crippen molar-refractivity contribution in [3.8, 4) is 0 Å². The van der Waals surface area contributed by atoms with Crippen molar-refractivity contribution in [3.05, 3.63) is 53.2 Å². The molecule has 2 aromatic heterocycles. The summed E-state index contributed by atoms with van der Waals surface area (Å²) in [6, 6.07) is 6.77. The Morgan fingerprint density at radius 2 is 2.20 bits per heavy atom. The van der Waals surface area contributed by atoms with E-state index in [1.165, 1.54) is 6.07 Å². The van der Waals surface area contributed by atoms with Crippen molar-refractivity contribution in [1.82, 2.24) is 14.8 Å². The van der Waals surface area contributed by atoms with Crippen molar-refractivity contribution < 1.29 is 4.39 Å². The van der Waals surface area contributed by atoms with Gasteiger partial charge in [-0.1, -0.05) is 0 Å². The number of nitrogens with two attached hydrogens (primary N) is 1. The third-order valence-corrected chi connectivity index (χ3v) is 3.68. The minimum atomic E-state index is -0.240. The van der Waals surface area contributed by atoms with E-state index >= 15 is 0 Å². The minimum Gasteiger partial charge on any atom is -0.361 e.